The number of thioether (sulfide) groups is 1. The maximum absolute atomic E-state index is 12.9. The molecular formula is C14H14ClN3O3S3. The number of hydrogen-bond acceptors (Lipinski definition) is 6. The molecule has 1 amide bonds. The van der Waals surface area contributed by atoms with Gasteiger partial charge in [0.25, 0.3) is 10.0 Å². The number of nitrogens with zero attached hydrogens (tertiary/aromatic N) is 2. The van der Waals surface area contributed by atoms with Gasteiger partial charge in [-0.1, -0.05) is 35.1 Å². The lowest BCUT2D eigenvalue weighted by Crippen LogP contribution is -2.30. The molecule has 10 heteroatoms. The van der Waals surface area contributed by atoms with Crippen LogP contribution in [0.25, 0.3) is 0 Å². The molecule has 1 N–H and O–H groups in total. The number of halogens is 1. The number of amides is 1. The summed E-state index contributed by atoms with van der Waals surface area (Å²) in [5, 5.41) is 3.09. The maximum atomic E-state index is 12.9. The normalized spacial score (nSPS) is 18.7. The highest BCUT2D eigenvalue weighted by Crippen LogP contribution is 2.42. The zero-order chi connectivity index (χ0) is 17.3. The van der Waals surface area contributed by atoms with E-state index in [9.17, 15) is 13.2 Å². The van der Waals surface area contributed by atoms with Gasteiger partial charge in [0.15, 0.2) is 9.34 Å². The summed E-state index contributed by atoms with van der Waals surface area (Å²) in [7, 11) is -3.68. The molecule has 0 spiro atoms. The molecule has 1 fully saturated rings. The standard InChI is InChI=1S/C14H14ClN3O3S3/c1-9(19)17-14-16-8-12(23-14)24(20,21)18-6-7-22-13(18)10-2-4-11(15)5-3-10/h2-5,8,13H,6-7H2,1H3,(H,16,17,19). The summed E-state index contributed by atoms with van der Waals surface area (Å²) in [4.78, 5) is 15.0. The van der Waals surface area contributed by atoms with Crippen LogP contribution >= 0.6 is 34.7 Å². The van der Waals surface area contributed by atoms with Crippen molar-refractivity contribution >= 4 is 55.8 Å². The maximum Gasteiger partial charge on any atom is 0.255 e. The Bertz CT molecular complexity index is 852. The SMILES string of the molecule is CC(=O)Nc1ncc(S(=O)(=O)N2CCSC2c2ccc(Cl)cc2)s1. The second-order valence-electron chi connectivity index (χ2n) is 5.06. The molecule has 1 aliphatic rings. The first kappa shape index (κ1) is 17.7. The molecule has 2 aromatic rings. The van der Waals surface area contributed by atoms with Crippen molar-refractivity contribution in [1.29, 1.82) is 0 Å². The number of aromatic nitrogens is 1. The van der Waals surface area contributed by atoms with Gasteiger partial charge >= 0.3 is 0 Å². The third-order valence-electron chi connectivity index (χ3n) is 3.33. The van der Waals surface area contributed by atoms with Gasteiger partial charge < -0.3 is 5.32 Å². The van der Waals surface area contributed by atoms with Crippen LogP contribution in [-0.2, 0) is 14.8 Å². The Morgan fingerprint density at radius 3 is 2.75 bits per heavy atom. The summed E-state index contributed by atoms with van der Waals surface area (Å²) >= 11 is 8.42. The highest BCUT2D eigenvalue weighted by atomic mass is 35.5. The van der Waals surface area contributed by atoms with Crippen molar-refractivity contribution in [2.75, 3.05) is 17.6 Å². The van der Waals surface area contributed by atoms with Crippen molar-refractivity contribution in [2.45, 2.75) is 16.5 Å². The molecular weight excluding hydrogens is 390 g/mol. The van der Waals surface area contributed by atoms with Gasteiger partial charge in [0.2, 0.25) is 5.91 Å². The summed E-state index contributed by atoms with van der Waals surface area (Å²) in [5.41, 5.74) is 0.886. The number of thiazole rings is 1. The van der Waals surface area contributed by atoms with E-state index in [0.29, 0.717) is 17.3 Å². The van der Waals surface area contributed by atoms with Crippen LogP contribution in [0.2, 0.25) is 5.02 Å². The summed E-state index contributed by atoms with van der Waals surface area (Å²) in [6, 6.07) is 7.18. The summed E-state index contributed by atoms with van der Waals surface area (Å²) in [6.07, 6.45) is 1.28. The van der Waals surface area contributed by atoms with Crippen LogP contribution in [-0.4, -0.2) is 35.9 Å². The summed E-state index contributed by atoms with van der Waals surface area (Å²) in [6.45, 7) is 1.77. The fraction of sp³-hybridized carbons (Fsp3) is 0.286. The van der Waals surface area contributed by atoms with Gasteiger partial charge in [-0.3, -0.25) is 4.79 Å². The van der Waals surface area contributed by atoms with Crippen LogP contribution < -0.4 is 5.32 Å². The van der Waals surface area contributed by atoms with Crippen molar-refractivity contribution in [3.05, 3.63) is 41.0 Å². The average Bonchev–Trinajstić information content (AvgIpc) is 3.17. The van der Waals surface area contributed by atoms with Crippen LogP contribution in [0.1, 0.15) is 17.9 Å². The van der Waals surface area contributed by atoms with E-state index in [-0.39, 0.29) is 20.6 Å². The van der Waals surface area contributed by atoms with E-state index in [1.807, 2.05) is 12.1 Å². The molecule has 0 saturated carbocycles. The molecule has 0 bridgehead atoms. The number of carbonyl (C=O) groups is 1. The summed E-state index contributed by atoms with van der Waals surface area (Å²) < 4.78 is 27.4. The first-order chi connectivity index (χ1) is 11.4. The lowest BCUT2D eigenvalue weighted by molar-refractivity contribution is -0.114. The monoisotopic (exact) mass is 403 g/mol. The fourth-order valence-corrected chi connectivity index (χ4v) is 6.87. The van der Waals surface area contributed by atoms with Gasteiger partial charge in [-0.15, -0.1) is 11.8 Å². The van der Waals surface area contributed by atoms with Gasteiger partial charge in [0.1, 0.15) is 0 Å². The highest BCUT2D eigenvalue weighted by Gasteiger charge is 2.38. The fourth-order valence-electron chi connectivity index (χ4n) is 2.29. The van der Waals surface area contributed by atoms with Crippen molar-refractivity contribution in [3.8, 4) is 0 Å². The molecule has 128 valence electrons. The molecule has 1 aromatic heterocycles. The minimum absolute atomic E-state index is 0.118. The van der Waals surface area contributed by atoms with Gasteiger partial charge in [-0.2, -0.15) is 4.31 Å². The van der Waals surface area contributed by atoms with E-state index in [0.717, 1.165) is 16.9 Å². The molecule has 24 heavy (non-hydrogen) atoms. The third kappa shape index (κ3) is 3.60. The Kier molecular flexibility index (Phi) is 5.16. The average molecular weight is 404 g/mol. The molecule has 3 rings (SSSR count). The minimum Gasteiger partial charge on any atom is -0.302 e. The number of benzene rings is 1. The molecule has 0 radical (unpaired) electrons. The van der Waals surface area contributed by atoms with E-state index in [4.69, 9.17) is 11.6 Å². The van der Waals surface area contributed by atoms with Gasteiger partial charge in [0.05, 0.1) is 11.6 Å². The third-order valence-corrected chi connectivity index (χ3v) is 8.19. The molecule has 6 nitrogen and oxygen atoms in total. The lowest BCUT2D eigenvalue weighted by Gasteiger charge is -2.22. The Hall–Kier alpha value is -1.13. The Labute approximate surface area is 153 Å². The van der Waals surface area contributed by atoms with E-state index in [2.05, 4.69) is 10.3 Å². The van der Waals surface area contributed by atoms with Crippen LogP contribution in [0.4, 0.5) is 5.13 Å². The number of sulfonamides is 1. The first-order valence-corrected chi connectivity index (χ1v) is 10.7. The van der Waals surface area contributed by atoms with Crippen LogP contribution in [0.3, 0.4) is 0 Å². The van der Waals surface area contributed by atoms with Gasteiger partial charge in [0, 0.05) is 24.2 Å². The first-order valence-electron chi connectivity index (χ1n) is 7.00. The zero-order valence-electron chi connectivity index (χ0n) is 12.6. The minimum atomic E-state index is -3.68. The molecule has 1 unspecified atom stereocenters. The number of nitrogens with one attached hydrogen (secondary N) is 1. The van der Waals surface area contributed by atoms with Crippen molar-refractivity contribution in [3.63, 3.8) is 0 Å². The van der Waals surface area contributed by atoms with E-state index < -0.39 is 10.0 Å². The largest absolute Gasteiger partial charge is 0.302 e. The molecule has 1 atom stereocenters. The van der Waals surface area contributed by atoms with Crippen LogP contribution in [0, 0.1) is 0 Å². The molecule has 2 heterocycles. The van der Waals surface area contributed by atoms with Crippen molar-refractivity contribution < 1.29 is 13.2 Å². The van der Waals surface area contributed by atoms with Crippen molar-refractivity contribution in [1.82, 2.24) is 9.29 Å². The lowest BCUT2D eigenvalue weighted by atomic mass is 10.2. The Balaban J connectivity index is 1.89. The molecule has 0 aliphatic carbocycles. The predicted molar refractivity (Wildman–Crippen MR) is 97.0 cm³/mol. The van der Waals surface area contributed by atoms with E-state index in [1.54, 1.807) is 23.9 Å². The summed E-state index contributed by atoms with van der Waals surface area (Å²) in [5.74, 6) is 0.424. The molecule has 1 aromatic carbocycles. The number of rotatable bonds is 4. The Morgan fingerprint density at radius 1 is 1.38 bits per heavy atom. The second kappa shape index (κ2) is 7.01. The van der Waals surface area contributed by atoms with Crippen molar-refractivity contribution in [2.24, 2.45) is 0 Å². The number of anilines is 1. The van der Waals surface area contributed by atoms with Crippen LogP contribution in [0.15, 0.2) is 34.7 Å². The second-order valence-corrected chi connectivity index (χ2v) is 9.83. The van der Waals surface area contributed by atoms with E-state index >= 15 is 0 Å². The topological polar surface area (TPSA) is 79.4 Å². The number of hydrogen-bond donors (Lipinski definition) is 1. The molecule has 1 aliphatic heterocycles. The zero-order valence-corrected chi connectivity index (χ0v) is 15.8. The quantitative estimate of drug-likeness (QED) is 0.847. The van der Waals surface area contributed by atoms with Gasteiger partial charge in [-0.25, -0.2) is 13.4 Å². The molecule has 1 saturated heterocycles. The predicted octanol–water partition coefficient (Wildman–Crippen LogP) is 3.19. The van der Waals surface area contributed by atoms with Gasteiger partial charge in [-0.05, 0) is 17.7 Å². The van der Waals surface area contributed by atoms with Crippen LogP contribution in [0.5, 0.6) is 0 Å². The highest BCUT2D eigenvalue weighted by molar-refractivity contribution is 8.01. The smallest absolute Gasteiger partial charge is 0.255 e. The van der Waals surface area contributed by atoms with E-state index in [1.165, 1.54) is 17.4 Å². The number of carbonyl (C=O) groups excluding carboxylic acids is 1. The Morgan fingerprint density at radius 2 is 2.08 bits per heavy atom.